The molecule has 17 heavy (non-hydrogen) atoms. The van der Waals surface area contributed by atoms with Gasteiger partial charge in [-0.05, 0) is 30.2 Å². The van der Waals surface area contributed by atoms with Crippen molar-refractivity contribution in [1.82, 2.24) is 4.98 Å². The van der Waals surface area contributed by atoms with E-state index in [1.54, 1.807) is 12.1 Å². The normalized spacial score (nSPS) is 22.4. The minimum Gasteiger partial charge on any atom is -0.508 e. The zero-order valence-corrected chi connectivity index (χ0v) is 9.38. The van der Waals surface area contributed by atoms with Gasteiger partial charge in [0.05, 0.1) is 0 Å². The van der Waals surface area contributed by atoms with Crippen LogP contribution < -0.4 is 5.73 Å². The number of nitrogens with zero attached hydrogens (tertiary/aromatic N) is 1. The lowest BCUT2D eigenvalue weighted by Gasteiger charge is -2.03. The molecule has 0 amide bonds. The maximum Gasteiger partial charge on any atom is 0.115 e. The first-order valence-electron chi connectivity index (χ1n) is 5.75. The monoisotopic (exact) mass is 226 g/mol. The molecule has 1 fully saturated rings. The third-order valence-corrected chi connectivity index (χ3v) is 3.21. The molecule has 2 aromatic rings. The van der Waals surface area contributed by atoms with Crippen molar-refractivity contribution >= 4 is 0 Å². The molecule has 0 spiro atoms. The highest BCUT2D eigenvalue weighted by atomic mass is 16.3. The van der Waals surface area contributed by atoms with Gasteiger partial charge in [-0.3, -0.25) is 4.98 Å². The molecule has 0 saturated heterocycles. The van der Waals surface area contributed by atoms with Gasteiger partial charge in [-0.25, -0.2) is 0 Å². The lowest BCUT2D eigenvalue weighted by Crippen LogP contribution is -2.01. The van der Waals surface area contributed by atoms with Crippen LogP contribution in [0.2, 0.25) is 0 Å². The second-order valence-corrected chi connectivity index (χ2v) is 4.52. The molecule has 3 rings (SSSR count). The summed E-state index contributed by atoms with van der Waals surface area (Å²) in [6.45, 7) is 0. The van der Waals surface area contributed by atoms with Crippen LogP contribution in [0.3, 0.4) is 0 Å². The van der Waals surface area contributed by atoms with Crippen LogP contribution >= 0.6 is 0 Å². The van der Waals surface area contributed by atoms with Gasteiger partial charge in [0.25, 0.3) is 0 Å². The summed E-state index contributed by atoms with van der Waals surface area (Å²) in [7, 11) is 0. The number of aromatic nitrogens is 1. The van der Waals surface area contributed by atoms with E-state index in [4.69, 9.17) is 5.73 Å². The van der Waals surface area contributed by atoms with Crippen molar-refractivity contribution in [2.75, 3.05) is 0 Å². The number of pyridine rings is 1. The fourth-order valence-corrected chi connectivity index (χ4v) is 2.00. The van der Waals surface area contributed by atoms with Gasteiger partial charge in [-0.1, -0.05) is 18.2 Å². The zero-order chi connectivity index (χ0) is 11.8. The number of rotatable bonds is 2. The first-order valence-corrected chi connectivity index (χ1v) is 5.75. The number of hydrogen-bond acceptors (Lipinski definition) is 3. The minimum absolute atomic E-state index is 0.280. The van der Waals surface area contributed by atoms with Crippen molar-refractivity contribution in [3.8, 4) is 16.9 Å². The van der Waals surface area contributed by atoms with Crippen LogP contribution in [0.5, 0.6) is 5.75 Å². The van der Waals surface area contributed by atoms with E-state index in [1.165, 1.54) is 0 Å². The largest absolute Gasteiger partial charge is 0.508 e. The van der Waals surface area contributed by atoms with Crippen molar-refractivity contribution in [3.05, 3.63) is 48.3 Å². The Balaban J connectivity index is 1.86. The summed E-state index contributed by atoms with van der Waals surface area (Å²) in [5, 5.41) is 9.23. The third kappa shape index (κ3) is 2.01. The number of hydrogen-bond donors (Lipinski definition) is 2. The number of phenolic OH excluding ortho intramolecular Hbond substituents is 1. The summed E-state index contributed by atoms with van der Waals surface area (Å²) in [6.07, 6.45) is 2.91. The molecule has 1 aromatic carbocycles. The fourth-order valence-electron chi connectivity index (χ4n) is 2.00. The Labute approximate surface area is 99.9 Å². The highest BCUT2D eigenvalue weighted by Gasteiger charge is 2.35. The summed E-state index contributed by atoms with van der Waals surface area (Å²) >= 11 is 0. The number of aromatic hydroxyl groups is 1. The van der Waals surface area contributed by atoms with E-state index < -0.39 is 0 Å². The molecule has 3 nitrogen and oxygen atoms in total. The molecule has 1 aliphatic carbocycles. The quantitative estimate of drug-likeness (QED) is 0.825. The molecule has 3 heteroatoms. The lowest BCUT2D eigenvalue weighted by atomic mass is 10.1. The van der Waals surface area contributed by atoms with Crippen LogP contribution in [0.25, 0.3) is 11.1 Å². The van der Waals surface area contributed by atoms with Crippen LogP contribution in [-0.4, -0.2) is 16.1 Å². The average molecular weight is 226 g/mol. The first-order chi connectivity index (χ1) is 8.24. The van der Waals surface area contributed by atoms with Crippen molar-refractivity contribution < 1.29 is 5.11 Å². The highest BCUT2D eigenvalue weighted by molar-refractivity contribution is 5.63. The molecule has 1 saturated carbocycles. The number of benzene rings is 1. The summed E-state index contributed by atoms with van der Waals surface area (Å²) in [5.74, 6) is 0.728. The predicted octanol–water partition coefficient (Wildman–Crippen LogP) is 2.27. The van der Waals surface area contributed by atoms with Crippen LogP contribution in [0.1, 0.15) is 18.0 Å². The van der Waals surface area contributed by atoms with Gasteiger partial charge in [0.2, 0.25) is 0 Å². The second-order valence-electron chi connectivity index (χ2n) is 4.52. The van der Waals surface area contributed by atoms with E-state index in [0.29, 0.717) is 12.0 Å². The Morgan fingerprint density at radius 1 is 1.06 bits per heavy atom. The standard InChI is InChI=1S/C14H14N2O/c15-13-7-12(13)14-6-3-10(8-16-14)9-1-4-11(17)5-2-9/h1-6,8,12-13,17H,7,15H2. The van der Waals surface area contributed by atoms with E-state index in [9.17, 15) is 5.11 Å². The summed E-state index contributed by atoms with van der Waals surface area (Å²) in [4.78, 5) is 4.45. The highest BCUT2D eigenvalue weighted by Crippen LogP contribution is 2.38. The van der Waals surface area contributed by atoms with Gasteiger partial charge in [0, 0.05) is 29.4 Å². The average Bonchev–Trinajstić information content (AvgIpc) is 3.08. The van der Waals surface area contributed by atoms with E-state index >= 15 is 0 Å². The maximum absolute atomic E-state index is 9.23. The van der Waals surface area contributed by atoms with Crippen LogP contribution in [0.4, 0.5) is 0 Å². The van der Waals surface area contributed by atoms with Gasteiger partial charge in [0.15, 0.2) is 0 Å². The van der Waals surface area contributed by atoms with Gasteiger partial charge >= 0.3 is 0 Å². The SMILES string of the molecule is NC1CC1c1ccc(-c2ccc(O)cc2)cn1. The van der Waals surface area contributed by atoms with E-state index in [0.717, 1.165) is 23.2 Å². The van der Waals surface area contributed by atoms with E-state index in [2.05, 4.69) is 11.1 Å². The number of phenols is 1. The van der Waals surface area contributed by atoms with Gasteiger partial charge in [0.1, 0.15) is 5.75 Å². The molecule has 1 aliphatic rings. The second kappa shape index (κ2) is 3.86. The van der Waals surface area contributed by atoms with E-state index in [1.807, 2.05) is 24.4 Å². The third-order valence-electron chi connectivity index (χ3n) is 3.21. The summed E-state index contributed by atoms with van der Waals surface area (Å²) in [6, 6.07) is 11.5. The molecule has 0 radical (unpaired) electrons. The van der Waals surface area contributed by atoms with Crippen molar-refractivity contribution in [2.45, 2.75) is 18.4 Å². The molecule has 3 N–H and O–H groups in total. The smallest absolute Gasteiger partial charge is 0.115 e. The lowest BCUT2D eigenvalue weighted by molar-refractivity contribution is 0.475. The van der Waals surface area contributed by atoms with Crippen LogP contribution in [0, 0.1) is 0 Å². The molecule has 0 aliphatic heterocycles. The van der Waals surface area contributed by atoms with Crippen molar-refractivity contribution in [2.24, 2.45) is 5.73 Å². The van der Waals surface area contributed by atoms with Gasteiger partial charge in [-0.2, -0.15) is 0 Å². The Hall–Kier alpha value is -1.87. The zero-order valence-electron chi connectivity index (χ0n) is 9.38. The molecular weight excluding hydrogens is 212 g/mol. The van der Waals surface area contributed by atoms with Crippen molar-refractivity contribution in [3.63, 3.8) is 0 Å². The minimum atomic E-state index is 0.280. The molecule has 2 unspecified atom stereocenters. The molecule has 1 aromatic heterocycles. The van der Waals surface area contributed by atoms with E-state index in [-0.39, 0.29) is 5.75 Å². The van der Waals surface area contributed by atoms with Crippen molar-refractivity contribution in [1.29, 1.82) is 0 Å². The Morgan fingerprint density at radius 3 is 2.24 bits per heavy atom. The Morgan fingerprint density at radius 2 is 1.71 bits per heavy atom. The van der Waals surface area contributed by atoms with Gasteiger partial charge in [-0.15, -0.1) is 0 Å². The molecule has 86 valence electrons. The molecular formula is C14H14N2O. The Bertz CT molecular complexity index is 519. The topological polar surface area (TPSA) is 59.1 Å². The first kappa shape index (κ1) is 10.3. The molecule has 2 atom stereocenters. The van der Waals surface area contributed by atoms with Crippen LogP contribution in [-0.2, 0) is 0 Å². The predicted molar refractivity (Wildman–Crippen MR) is 66.7 cm³/mol. The molecule has 1 heterocycles. The number of nitrogens with two attached hydrogens (primary N) is 1. The molecule has 0 bridgehead atoms. The Kier molecular flexibility index (Phi) is 2.34. The maximum atomic E-state index is 9.23. The summed E-state index contributed by atoms with van der Waals surface area (Å²) in [5.41, 5.74) is 9.00. The fraction of sp³-hybridized carbons (Fsp3) is 0.214. The van der Waals surface area contributed by atoms with Gasteiger partial charge < -0.3 is 10.8 Å². The van der Waals surface area contributed by atoms with Crippen LogP contribution in [0.15, 0.2) is 42.6 Å². The summed E-state index contributed by atoms with van der Waals surface area (Å²) < 4.78 is 0.